The fourth-order valence-electron chi connectivity index (χ4n) is 3.61. The topological polar surface area (TPSA) is 70.8 Å². The summed E-state index contributed by atoms with van der Waals surface area (Å²) < 4.78 is 22.5. The number of ether oxygens (including phenoxy) is 3. The lowest BCUT2D eigenvalue weighted by Gasteiger charge is -2.15. The standard InChI is InChI=1S/C28H29NO5S/c1-4-31-24(28(30)32-5-2)17-20-11-13-22(14-12-20)33-18-23-19(3)34-27(29-23)26-16-15-25(35-26)21-9-7-6-8-10-21/h6-16,24H,4-5,17-18H2,1-3H3/t24-/m0/s1. The van der Waals surface area contributed by atoms with Crippen molar-refractivity contribution in [2.75, 3.05) is 13.2 Å². The average Bonchev–Trinajstić information content (AvgIpc) is 3.51. The first-order chi connectivity index (χ1) is 17.1. The minimum absolute atomic E-state index is 0.302. The van der Waals surface area contributed by atoms with Crippen molar-refractivity contribution in [2.24, 2.45) is 0 Å². The van der Waals surface area contributed by atoms with Crippen LogP contribution < -0.4 is 4.74 Å². The van der Waals surface area contributed by atoms with E-state index >= 15 is 0 Å². The van der Waals surface area contributed by atoms with Crippen molar-refractivity contribution < 1.29 is 23.4 Å². The fraction of sp³-hybridized carbons (Fsp3) is 0.286. The van der Waals surface area contributed by atoms with E-state index in [4.69, 9.17) is 18.6 Å². The molecule has 7 heteroatoms. The number of carbonyl (C=O) groups is 1. The summed E-state index contributed by atoms with van der Waals surface area (Å²) in [4.78, 5) is 18.9. The summed E-state index contributed by atoms with van der Waals surface area (Å²) in [6.45, 7) is 6.63. The number of oxazole rings is 1. The van der Waals surface area contributed by atoms with Crippen LogP contribution in [0.15, 0.2) is 71.1 Å². The van der Waals surface area contributed by atoms with Gasteiger partial charge in [-0.25, -0.2) is 9.78 Å². The maximum absolute atomic E-state index is 12.1. The molecule has 4 rings (SSSR count). The van der Waals surface area contributed by atoms with Crippen LogP contribution in [0.1, 0.15) is 30.9 Å². The summed E-state index contributed by atoms with van der Waals surface area (Å²) in [7, 11) is 0. The SMILES string of the molecule is CCOC(=O)[C@H](Cc1ccc(OCc2nc(-c3ccc(-c4ccccc4)s3)oc2C)cc1)OCC. The van der Waals surface area contributed by atoms with Crippen molar-refractivity contribution in [3.63, 3.8) is 0 Å². The van der Waals surface area contributed by atoms with E-state index in [1.165, 1.54) is 10.4 Å². The summed E-state index contributed by atoms with van der Waals surface area (Å²) in [6.07, 6.45) is -0.160. The molecule has 0 amide bonds. The second kappa shape index (κ2) is 11.8. The third kappa shape index (κ3) is 6.38. The number of esters is 1. The molecule has 0 saturated heterocycles. The summed E-state index contributed by atoms with van der Waals surface area (Å²) >= 11 is 1.65. The fourth-order valence-corrected chi connectivity index (χ4v) is 4.55. The van der Waals surface area contributed by atoms with Gasteiger partial charge in [0.1, 0.15) is 23.8 Å². The lowest BCUT2D eigenvalue weighted by atomic mass is 10.1. The lowest BCUT2D eigenvalue weighted by molar-refractivity contribution is -0.156. The predicted octanol–water partition coefficient (Wildman–Crippen LogP) is 6.47. The van der Waals surface area contributed by atoms with E-state index in [0.717, 1.165) is 21.9 Å². The normalized spacial score (nSPS) is 11.9. The second-order valence-electron chi connectivity index (χ2n) is 7.88. The Morgan fingerprint density at radius 1 is 0.971 bits per heavy atom. The molecule has 1 atom stereocenters. The first kappa shape index (κ1) is 24.7. The number of hydrogen-bond acceptors (Lipinski definition) is 7. The maximum atomic E-state index is 12.1. The van der Waals surface area contributed by atoms with Gasteiger partial charge in [-0.05, 0) is 56.2 Å². The summed E-state index contributed by atoms with van der Waals surface area (Å²) in [5, 5.41) is 0. The number of nitrogens with zero attached hydrogens (tertiary/aromatic N) is 1. The zero-order chi connectivity index (χ0) is 24.6. The van der Waals surface area contributed by atoms with Crippen LogP contribution in [0.4, 0.5) is 0 Å². The molecule has 6 nitrogen and oxygen atoms in total. The van der Waals surface area contributed by atoms with E-state index in [-0.39, 0.29) is 5.97 Å². The van der Waals surface area contributed by atoms with Crippen molar-refractivity contribution in [1.29, 1.82) is 0 Å². The Morgan fingerprint density at radius 3 is 2.43 bits per heavy atom. The zero-order valence-electron chi connectivity index (χ0n) is 20.2. The Hall–Kier alpha value is -3.42. The number of hydrogen-bond donors (Lipinski definition) is 0. The van der Waals surface area contributed by atoms with Crippen LogP contribution in [-0.2, 0) is 27.3 Å². The minimum Gasteiger partial charge on any atom is -0.487 e. The van der Waals surface area contributed by atoms with Gasteiger partial charge in [0, 0.05) is 17.9 Å². The number of aromatic nitrogens is 1. The van der Waals surface area contributed by atoms with Crippen molar-refractivity contribution in [3.8, 4) is 27.0 Å². The van der Waals surface area contributed by atoms with Crippen molar-refractivity contribution >= 4 is 17.3 Å². The molecule has 4 aromatic rings. The highest BCUT2D eigenvalue weighted by Gasteiger charge is 2.20. The first-order valence-electron chi connectivity index (χ1n) is 11.7. The Balaban J connectivity index is 1.37. The van der Waals surface area contributed by atoms with Gasteiger partial charge in [0.2, 0.25) is 5.89 Å². The molecule has 0 aliphatic carbocycles. The molecule has 0 aliphatic rings. The minimum atomic E-state index is -0.609. The lowest BCUT2D eigenvalue weighted by Crippen LogP contribution is -2.28. The van der Waals surface area contributed by atoms with Crippen molar-refractivity contribution in [2.45, 2.75) is 39.9 Å². The molecular formula is C28H29NO5S. The van der Waals surface area contributed by atoms with E-state index in [1.807, 2.05) is 62.4 Å². The predicted molar refractivity (Wildman–Crippen MR) is 137 cm³/mol. The Labute approximate surface area is 209 Å². The number of carbonyl (C=O) groups excluding carboxylic acids is 1. The van der Waals surface area contributed by atoms with E-state index in [1.54, 1.807) is 18.3 Å². The number of benzene rings is 2. The van der Waals surface area contributed by atoms with E-state index < -0.39 is 6.10 Å². The largest absolute Gasteiger partial charge is 0.487 e. The molecular weight excluding hydrogens is 462 g/mol. The van der Waals surface area contributed by atoms with Crippen molar-refractivity contribution in [3.05, 3.63) is 83.7 Å². The van der Waals surface area contributed by atoms with Crippen LogP contribution in [-0.4, -0.2) is 30.3 Å². The molecule has 0 fully saturated rings. The molecule has 0 saturated carbocycles. The number of thiophene rings is 1. The average molecular weight is 492 g/mol. The van der Waals surface area contributed by atoms with Gasteiger partial charge in [0.15, 0.2) is 6.10 Å². The summed E-state index contributed by atoms with van der Waals surface area (Å²) in [5.74, 6) is 1.71. The van der Waals surface area contributed by atoms with Gasteiger partial charge in [-0.2, -0.15) is 0 Å². The highest BCUT2D eigenvalue weighted by molar-refractivity contribution is 7.18. The van der Waals surface area contributed by atoms with Crippen LogP contribution in [0.3, 0.4) is 0 Å². The van der Waals surface area contributed by atoms with Crippen LogP contribution in [0.5, 0.6) is 5.75 Å². The molecule has 2 aromatic heterocycles. The molecule has 0 unspecified atom stereocenters. The highest BCUT2D eigenvalue weighted by Crippen LogP contribution is 2.34. The van der Waals surface area contributed by atoms with Crippen molar-refractivity contribution in [1.82, 2.24) is 4.98 Å². The molecule has 0 aliphatic heterocycles. The van der Waals surface area contributed by atoms with E-state index in [2.05, 4.69) is 23.2 Å². The molecule has 182 valence electrons. The highest BCUT2D eigenvalue weighted by atomic mass is 32.1. The van der Waals surface area contributed by atoms with Gasteiger partial charge >= 0.3 is 5.97 Å². The van der Waals surface area contributed by atoms with Crippen LogP contribution in [0.2, 0.25) is 0 Å². The quantitative estimate of drug-likeness (QED) is 0.224. The van der Waals surface area contributed by atoms with Crippen LogP contribution in [0, 0.1) is 6.92 Å². The van der Waals surface area contributed by atoms with Gasteiger partial charge in [0.25, 0.3) is 0 Å². The molecule has 35 heavy (non-hydrogen) atoms. The summed E-state index contributed by atoms with van der Waals surface area (Å²) in [5.41, 5.74) is 2.90. The maximum Gasteiger partial charge on any atom is 0.335 e. The molecule has 0 N–H and O–H groups in total. The Bertz CT molecular complexity index is 1230. The first-order valence-corrected chi connectivity index (χ1v) is 12.5. The zero-order valence-corrected chi connectivity index (χ0v) is 21.0. The molecule has 0 spiro atoms. The Kier molecular flexibility index (Phi) is 8.34. The van der Waals surface area contributed by atoms with Gasteiger partial charge in [-0.3, -0.25) is 0 Å². The second-order valence-corrected chi connectivity index (χ2v) is 8.97. The number of rotatable bonds is 11. The summed E-state index contributed by atoms with van der Waals surface area (Å²) in [6, 6.07) is 22.0. The smallest absolute Gasteiger partial charge is 0.335 e. The molecule has 2 heterocycles. The van der Waals surface area contributed by atoms with Crippen LogP contribution in [0.25, 0.3) is 21.2 Å². The Morgan fingerprint density at radius 2 is 1.71 bits per heavy atom. The molecule has 0 bridgehead atoms. The molecule has 2 aromatic carbocycles. The van der Waals surface area contributed by atoms with Gasteiger partial charge in [-0.15, -0.1) is 11.3 Å². The monoisotopic (exact) mass is 491 g/mol. The van der Waals surface area contributed by atoms with E-state index in [9.17, 15) is 4.79 Å². The third-order valence-corrected chi connectivity index (χ3v) is 6.53. The van der Waals surface area contributed by atoms with Gasteiger partial charge in [-0.1, -0.05) is 42.5 Å². The van der Waals surface area contributed by atoms with Crippen LogP contribution >= 0.6 is 11.3 Å². The third-order valence-electron chi connectivity index (χ3n) is 5.41. The van der Waals surface area contributed by atoms with E-state index in [0.29, 0.717) is 37.9 Å². The molecule has 0 radical (unpaired) electrons. The number of aryl methyl sites for hydroxylation is 1. The van der Waals surface area contributed by atoms with Gasteiger partial charge < -0.3 is 18.6 Å². The van der Waals surface area contributed by atoms with Gasteiger partial charge in [0.05, 0.1) is 11.5 Å².